The Hall–Kier alpha value is 0.920. The van der Waals surface area contributed by atoms with E-state index in [2.05, 4.69) is 31.9 Å². The fourth-order valence-electron chi connectivity index (χ4n) is 1.69. The van der Waals surface area contributed by atoms with E-state index in [-0.39, 0.29) is 0 Å². The van der Waals surface area contributed by atoms with Crippen molar-refractivity contribution in [2.24, 2.45) is 5.41 Å². The largest absolute Gasteiger partial charge is 0.380 e. The topological polar surface area (TPSA) is 9.23 Å². The van der Waals surface area contributed by atoms with E-state index in [1.165, 1.54) is 25.7 Å². The molecule has 12 heavy (non-hydrogen) atoms. The quantitative estimate of drug-likeness (QED) is 0.684. The van der Waals surface area contributed by atoms with E-state index in [1.807, 2.05) is 0 Å². The van der Waals surface area contributed by atoms with Crippen molar-refractivity contribution in [2.45, 2.75) is 25.7 Å². The summed E-state index contributed by atoms with van der Waals surface area (Å²) in [4.78, 5) is 0. The second kappa shape index (κ2) is 5.61. The Morgan fingerprint density at radius 2 is 1.50 bits per heavy atom. The Morgan fingerprint density at radius 1 is 1.00 bits per heavy atom. The number of hydrogen-bond acceptors (Lipinski definition) is 1. The van der Waals surface area contributed by atoms with Crippen molar-refractivity contribution >= 4 is 31.9 Å². The summed E-state index contributed by atoms with van der Waals surface area (Å²) in [6.45, 7) is 1.99. The van der Waals surface area contributed by atoms with Crippen molar-refractivity contribution < 1.29 is 4.74 Å². The third-order valence-corrected chi connectivity index (χ3v) is 3.62. The van der Waals surface area contributed by atoms with Crippen molar-refractivity contribution in [1.29, 1.82) is 0 Å². The molecule has 0 aliphatic carbocycles. The van der Waals surface area contributed by atoms with Crippen molar-refractivity contribution in [2.75, 3.05) is 23.9 Å². The van der Waals surface area contributed by atoms with E-state index in [4.69, 9.17) is 4.74 Å². The van der Waals surface area contributed by atoms with Gasteiger partial charge in [0.2, 0.25) is 0 Å². The van der Waals surface area contributed by atoms with Gasteiger partial charge < -0.3 is 4.74 Å². The number of rotatable bonds is 6. The second-order valence-corrected chi connectivity index (χ2v) is 5.16. The monoisotopic (exact) mass is 298 g/mol. The van der Waals surface area contributed by atoms with Crippen LogP contribution >= 0.6 is 31.9 Å². The molecule has 0 amide bonds. The average molecular weight is 300 g/mol. The summed E-state index contributed by atoms with van der Waals surface area (Å²) < 4.78 is 5.30. The molecule has 1 saturated heterocycles. The summed E-state index contributed by atoms with van der Waals surface area (Å²) in [6.07, 6.45) is 5.22. The molecule has 0 aromatic heterocycles. The number of halogens is 2. The Balaban J connectivity index is 2.19. The summed E-state index contributed by atoms with van der Waals surface area (Å²) in [5.41, 5.74) is 0.543. The van der Waals surface area contributed by atoms with Crippen LogP contribution in [-0.4, -0.2) is 23.9 Å². The van der Waals surface area contributed by atoms with Gasteiger partial charge in [-0.2, -0.15) is 0 Å². The molecular formula is C9H16Br2O. The van der Waals surface area contributed by atoms with Gasteiger partial charge in [-0.05, 0) is 25.7 Å². The molecule has 1 fully saturated rings. The predicted octanol–water partition coefficient (Wildman–Crippen LogP) is 3.35. The van der Waals surface area contributed by atoms with Crippen LogP contribution in [0.1, 0.15) is 25.7 Å². The maximum atomic E-state index is 5.30. The standard InChI is InChI=1S/C9H16Br2O/c10-5-1-3-9(4-2-6-11)7-12-8-9/h1-8H2. The fourth-order valence-corrected chi connectivity index (χ4v) is 2.25. The lowest BCUT2D eigenvalue weighted by Crippen LogP contribution is -2.42. The SMILES string of the molecule is BrCCCC1(CCCBr)COC1. The highest BCUT2D eigenvalue weighted by molar-refractivity contribution is 9.09. The summed E-state index contributed by atoms with van der Waals surface area (Å²) in [5.74, 6) is 0. The average Bonchev–Trinajstić information content (AvgIpc) is 2.02. The highest BCUT2D eigenvalue weighted by atomic mass is 79.9. The van der Waals surface area contributed by atoms with Gasteiger partial charge in [0.25, 0.3) is 0 Å². The summed E-state index contributed by atoms with van der Waals surface area (Å²) in [7, 11) is 0. The molecule has 72 valence electrons. The molecule has 1 rings (SSSR count). The van der Waals surface area contributed by atoms with Gasteiger partial charge in [-0.15, -0.1) is 0 Å². The molecule has 0 spiro atoms. The molecule has 1 aliphatic heterocycles. The lowest BCUT2D eigenvalue weighted by Gasteiger charge is -2.41. The van der Waals surface area contributed by atoms with Crippen LogP contribution in [0, 0.1) is 5.41 Å². The molecule has 0 saturated carbocycles. The number of alkyl halides is 2. The first-order chi connectivity index (χ1) is 5.83. The van der Waals surface area contributed by atoms with Crippen LogP contribution in [0.5, 0.6) is 0 Å². The zero-order valence-electron chi connectivity index (χ0n) is 7.32. The van der Waals surface area contributed by atoms with E-state index in [9.17, 15) is 0 Å². The minimum absolute atomic E-state index is 0.543. The molecule has 0 aromatic carbocycles. The zero-order chi connectivity index (χ0) is 8.86. The maximum absolute atomic E-state index is 5.30. The minimum atomic E-state index is 0.543. The van der Waals surface area contributed by atoms with Crippen LogP contribution in [0.4, 0.5) is 0 Å². The summed E-state index contributed by atoms with van der Waals surface area (Å²) in [6, 6.07) is 0. The van der Waals surface area contributed by atoms with Crippen molar-refractivity contribution in [3.8, 4) is 0 Å². The van der Waals surface area contributed by atoms with Gasteiger partial charge in [0, 0.05) is 16.1 Å². The first kappa shape index (κ1) is 11.0. The summed E-state index contributed by atoms with van der Waals surface area (Å²) in [5, 5.41) is 2.26. The van der Waals surface area contributed by atoms with E-state index < -0.39 is 0 Å². The van der Waals surface area contributed by atoms with Gasteiger partial charge in [0.1, 0.15) is 0 Å². The van der Waals surface area contributed by atoms with E-state index in [1.54, 1.807) is 0 Å². The highest BCUT2D eigenvalue weighted by Gasteiger charge is 2.36. The molecular weight excluding hydrogens is 284 g/mol. The number of hydrogen-bond donors (Lipinski definition) is 0. The predicted molar refractivity (Wildman–Crippen MR) is 59.3 cm³/mol. The van der Waals surface area contributed by atoms with Crippen LogP contribution in [0.25, 0.3) is 0 Å². The maximum Gasteiger partial charge on any atom is 0.0544 e. The molecule has 0 atom stereocenters. The van der Waals surface area contributed by atoms with Gasteiger partial charge in [-0.3, -0.25) is 0 Å². The van der Waals surface area contributed by atoms with Gasteiger partial charge >= 0.3 is 0 Å². The molecule has 0 N–H and O–H groups in total. The first-order valence-electron chi connectivity index (χ1n) is 4.53. The van der Waals surface area contributed by atoms with Crippen LogP contribution < -0.4 is 0 Å². The van der Waals surface area contributed by atoms with Crippen molar-refractivity contribution in [3.63, 3.8) is 0 Å². The van der Waals surface area contributed by atoms with Gasteiger partial charge in [0.15, 0.2) is 0 Å². The van der Waals surface area contributed by atoms with Crippen LogP contribution in [-0.2, 0) is 4.74 Å². The minimum Gasteiger partial charge on any atom is -0.380 e. The molecule has 0 bridgehead atoms. The van der Waals surface area contributed by atoms with Gasteiger partial charge in [0.05, 0.1) is 13.2 Å². The molecule has 1 aliphatic rings. The molecule has 1 nitrogen and oxygen atoms in total. The molecule has 3 heteroatoms. The Morgan fingerprint density at radius 3 is 1.75 bits per heavy atom. The van der Waals surface area contributed by atoms with Crippen molar-refractivity contribution in [3.05, 3.63) is 0 Å². The third-order valence-electron chi connectivity index (χ3n) is 2.50. The Bertz CT molecular complexity index is 114. The second-order valence-electron chi connectivity index (χ2n) is 3.58. The molecule has 1 heterocycles. The smallest absolute Gasteiger partial charge is 0.0544 e. The van der Waals surface area contributed by atoms with Gasteiger partial charge in [-0.1, -0.05) is 31.9 Å². The molecule has 0 unspecified atom stereocenters. The van der Waals surface area contributed by atoms with Crippen molar-refractivity contribution in [1.82, 2.24) is 0 Å². The lowest BCUT2D eigenvalue weighted by atomic mass is 9.78. The molecule has 0 aromatic rings. The third kappa shape index (κ3) is 3.00. The number of ether oxygens (including phenoxy) is 1. The van der Waals surface area contributed by atoms with Crippen LogP contribution in [0.2, 0.25) is 0 Å². The Kier molecular flexibility index (Phi) is 5.14. The van der Waals surface area contributed by atoms with Gasteiger partial charge in [-0.25, -0.2) is 0 Å². The lowest BCUT2D eigenvalue weighted by molar-refractivity contribution is -0.122. The fraction of sp³-hybridized carbons (Fsp3) is 1.00. The van der Waals surface area contributed by atoms with Crippen LogP contribution in [0.3, 0.4) is 0 Å². The highest BCUT2D eigenvalue weighted by Crippen LogP contribution is 2.37. The zero-order valence-corrected chi connectivity index (χ0v) is 10.5. The molecule has 0 radical (unpaired) electrons. The first-order valence-corrected chi connectivity index (χ1v) is 6.77. The Labute approximate surface area is 91.5 Å². The van der Waals surface area contributed by atoms with E-state index >= 15 is 0 Å². The normalized spacial score (nSPS) is 20.5. The summed E-state index contributed by atoms with van der Waals surface area (Å²) >= 11 is 6.95. The van der Waals surface area contributed by atoms with E-state index in [0.29, 0.717) is 5.41 Å². The van der Waals surface area contributed by atoms with E-state index in [0.717, 1.165) is 23.9 Å². The van der Waals surface area contributed by atoms with Crippen LogP contribution in [0.15, 0.2) is 0 Å².